The van der Waals surface area contributed by atoms with E-state index < -0.39 is 11.7 Å². The number of hydrogen-bond acceptors (Lipinski definition) is 4. The van der Waals surface area contributed by atoms with Crippen molar-refractivity contribution in [1.29, 1.82) is 0 Å². The van der Waals surface area contributed by atoms with Gasteiger partial charge < -0.3 is 14.9 Å². The molecule has 4 heteroatoms. The second-order valence-electron chi connectivity index (χ2n) is 6.71. The fourth-order valence-corrected chi connectivity index (χ4v) is 2.33. The van der Waals surface area contributed by atoms with Gasteiger partial charge in [-0.25, -0.2) is 0 Å². The fraction of sp³-hybridized carbons (Fsp3) is 0.350. The number of ether oxygens (including phenoxy) is 1. The first-order valence-corrected chi connectivity index (χ1v) is 8.05. The predicted molar refractivity (Wildman–Crippen MR) is 93.5 cm³/mol. The summed E-state index contributed by atoms with van der Waals surface area (Å²) >= 11 is 0. The van der Waals surface area contributed by atoms with E-state index in [0.29, 0.717) is 6.42 Å². The van der Waals surface area contributed by atoms with Crippen molar-refractivity contribution >= 4 is 6.08 Å². The fourth-order valence-electron chi connectivity index (χ4n) is 2.33. The van der Waals surface area contributed by atoms with E-state index in [0.717, 1.165) is 16.7 Å². The molecule has 1 unspecified atom stereocenters. The van der Waals surface area contributed by atoms with Crippen molar-refractivity contribution in [3.05, 3.63) is 71.3 Å². The molecule has 0 aliphatic carbocycles. The summed E-state index contributed by atoms with van der Waals surface area (Å²) in [6.45, 7) is 5.49. The Hall–Kier alpha value is -2.33. The summed E-state index contributed by atoms with van der Waals surface area (Å²) in [7, 11) is 0. The Balaban J connectivity index is 2.24. The molecular weight excluding hydrogens is 302 g/mol. The standard InChI is InChI=1S/C20H25NO3/c1-20(2,3)24-19(23)21-18(17-7-5-4-6-8-17)13-15-9-11-16(14-22)12-10-15/h4-12,18,22H,13-14H2,1-3H3,(H,21,23)/p-1. The molecule has 0 saturated heterocycles. The van der Waals surface area contributed by atoms with Crippen molar-refractivity contribution in [3.8, 4) is 0 Å². The highest BCUT2D eigenvalue weighted by molar-refractivity contribution is 5.62. The van der Waals surface area contributed by atoms with Gasteiger partial charge in [-0.15, -0.1) is 0 Å². The van der Waals surface area contributed by atoms with Gasteiger partial charge >= 0.3 is 0 Å². The number of rotatable bonds is 5. The van der Waals surface area contributed by atoms with Gasteiger partial charge in [0.05, 0.1) is 12.6 Å². The zero-order chi connectivity index (χ0) is 17.6. The van der Waals surface area contributed by atoms with Gasteiger partial charge in [-0.1, -0.05) is 75.4 Å². The molecule has 0 spiro atoms. The Kier molecular flexibility index (Phi) is 5.99. The van der Waals surface area contributed by atoms with E-state index in [9.17, 15) is 5.11 Å². The Morgan fingerprint density at radius 2 is 1.62 bits per heavy atom. The van der Waals surface area contributed by atoms with E-state index in [1.54, 1.807) is 0 Å². The van der Waals surface area contributed by atoms with Crippen LogP contribution in [0.25, 0.3) is 0 Å². The lowest BCUT2D eigenvalue weighted by Crippen LogP contribution is -2.32. The van der Waals surface area contributed by atoms with E-state index in [1.165, 1.54) is 0 Å². The lowest BCUT2D eigenvalue weighted by molar-refractivity contribution is -0.261. The van der Waals surface area contributed by atoms with Gasteiger partial charge in [0, 0.05) is 5.60 Å². The second kappa shape index (κ2) is 7.97. The molecule has 1 N–H and O–H groups in total. The third-order valence-electron chi connectivity index (χ3n) is 3.47. The molecule has 0 fully saturated rings. The first kappa shape index (κ1) is 18.0. The molecule has 1 atom stereocenters. The molecule has 0 aliphatic rings. The van der Waals surface area contributed by atoms with E-state index in [1.807, 2.05) is 75.4 Å². The van der Waals surface area contributed by atoms with Crippen LogP contribution in [0.5, 0.6) is 0 Å². The summed E-state index contributed by atoms with van der Waals surface area (Å²) in [4.78, 5) is 4.26. The van der Waals surface area contributed by atoms with Gasteiger partial charge in [0.25, 0.3) is 0 Å². The first-order valence-electron chi connectivity index (χ1n) is 8.05. The van der Waals surface area contributed by atoms with Crippen LogP contribution in [-0.2, 0) is 17.8 Å². The average Bonchev–Trinajstić information content (AvgIpc) is 2.54. The predicted octanol–water partition coefficient (Wildman–Crippen LogP) is 2.99. The third kappa shape index (κ3) is 5.70. The van der Waals surface area contributed by atoms with Crippen LogP contribution in [0.1, 0.15) is 43.5 Å². The number of aliphatic hydroxyl groups is 1. The van der Waals surface area contributed by atoms with Crippen LogP contribution in [-0.4, -0.2) is 16.8 Å². The van der Waals surface area contributed by atoms with E-state index in [2.05, 4.69) is 4.99 Å². The maximum atomic E-state index is 12.1. The molecule has 0 radical (unpaired) electrons. The molecule has 0 aromatic heterocycles. The number of hydrogen-bond donors (Lipinski definition) is 1. The summed E-state index contributed by atoms with van der Waals surface area (Å²) in [5, 5.41) is 21.2. The minimum atomic E-state index is -0.565. The normalized spacial score (nSPS) is 13.6. The number of aliphatic imine (C=N–C) groups is 1. The van der Waals surface area contributed by atoms with Crippen LogP contribution in [0.4, 0.5) is 0 Å². The van der Waals surface area contributed by atoms with Crippen molar-refractivity contribution in [3.63, 3.8) is 0 Å². The van der Waals surface area contributed by atoms with Crippen LogP contribution in [0.15, 0.2) is 59.6 Å². The van der Waals surface area contributed by atoms with Gasteiger partial charge in [-0.3, -0.25) is 4.99 Å². The smallest absolute Gasteiger partial charge is 0.146 e. The Morgan fingerprint density at radius 1 is 1.04 bits per heavy atom. The molecule has 0 bridgehead atoms. The molecule has 24 heavy (non-hydrogen) atoms. The van der Waals surface area contributed by atoms with Gasteiger partial charge in [-0.05, 0) is 23.1 Å². The van der Waals surface area contributed by atoms with Crippen molar-refractivity contribution in [2.75, 3.05) is 0 Å². The maximum Gasteiger partial charge on any atom is 0.146 e. The van der Waals surface area contributed by atoms with E-state index >= 15 is 0 Å². The van der Waals surface area contributed by atoms with Crippen molar-refractivity contribution < 1.29 is 14.9 Å². The molecule has 4 nitrogen and oxygen atoms in total. The van der Waals surface area contributed by atoms with Crippen molar-refractivity contribution in [1.82, 2.24) is 0 Å². The van der Waals surface area contributed by atoms with Gasteiger partial charge in [0.15, 0.2) is 0 Å². The maximum absolute atomic E-state index is 12.1. The highest BCUT2D eigenvalue weighted by Gasteiger charge is 2.12. The summed E-state index contributed by atoms with van der Waals surface area (Å²) in [5.41, 5.74) is 2.31. The first-order chi connectivity index (χ1) is 11.4. The molecule has 2 aromatic rings. The van der Waals surface area contributed by atoms with Crippen LogP contribution in [0.3, 0.4) is 0 Å². The van der Waals surface area contributed by atoms with E-state index in [4.69, 9.17) is 9.84 Å². The molecule has 0 saturated carbocycles. The van der Waals surface area contributed by atoms with Crippen LogP contribution < -0.4 is 5.11 Å². The highest BCUT2D eigenvalue weighted by atomic mass is 16.6. The monoisotopic (exact) mass is 326 g/mol. The third-order valence-corrected chi connectivity index (χ3v) is 3.47. The number of nitrogens with zero attached hydrogens (tertiary/aromatic N) is 1. The zero-order valence-corrected chi connectivity index (χ0v) is 14.4. The Morgan fingerprint density at radius 3 is 2.17 bits per heavy atom. The quantitative estimate of drug-likeness (QED) is 0.678. The van der Waals surface area contributed by atoms with Crippen molar-refractivity contribution in [2.24, 2.45) is 4.99 Å². The molecule has 128 valence electrons. The Labute approximate surface area is 143 Å². The van der Waals surface area contributed by atoms with Crippen molar-refractivity contribution in [2.45, 2.75) is 45.4 Å². The molecule has 0 heterocycles. The number of benzene rings is 2. The lowest BCUT2D eigenvalue weighted by Gasteiger charge is -2.30. The molecule has 2 aromatic carbocycles. The Bertz CT molecular complexity index is 658. The molecule has 0 aliphatic heterocycles. The summed E-state index contributed by atoms with van der Waals surface area (Å²) < 4.78 is 5.33. The molecule has 0 amide bonds. The summed E-state index contributed by atoms with van der Waals surface area (Å²) in [6.07, 6.45) is 0.0398. The summed E-state index contributed by atoms with van der Waals surface area (Å²) in [5.74, 6) is 0. The topological polar surface area (TPSA) is 64.9 Å². The minimum Gasteiger partial charge on any atom is -0.595 e. The van der Waals surface area contributed by atoms with E-state index in [-0.39, 0.29) is 12.6 Å². The van der Waals surface area contributed by atoms with Crippen LogP contribution >= 0.6 is 0 Å². The molecule has 2 rings (SSSR count). The number of aliphatic hydroxyl groups excluding tert-OH is 1. The van der Waals surface area contributed by atoms with Crippen LogP contribution in [0, 0.1) is 0 Å². The van der Waals surface area contributed by atoms with Gasteiger partial charge in [-0.2, -0.15) is 0 Å². The second-order valence-corrected chi connectivity index (χ2v) is 6.71. The van der Waals surface area contributed by atoms with Crippen LogP contribution in [0.2, 0.25) is 0 Å². The SMILES string of the molecule is CC(C)(C)OC([O-])=NC(Cc1ccc(CO)cc1)c1ccccc1. The zero-order valence-electron chi connectivity index (χ0n) is 14.4. The average molecular weight is 326 g/mol. The minimum absolute atomic E-state index is 0.0185. The lowest BCUT2D eigenvalue weighted by atomic mass is 9.99. The van der Waals surface area contributed by atoms with Gasteiger partial charge in [0.1, 0.15) is 6.08 Å². The molecular formula is C20H24NO3-. The van der Waals surface area contributed by atoms with Gasteiger partial charge in [0.2, 0.25) is 0 Å². The highest BCUT2D eigenvalue weighted by Crippen LogP contribution is 2.23. The largest absolute Gasteiger partial charge is 0.595 e. The summed E-state index contributed by atoms with van der Waals surface area (Å²) in [6, 6.07) is 17.1.